The standard InChI is InChI=1S/C22H22N4O3/c1-14-5-4-6-15(11-14)22(27)26(2)10-9-20-24-21(29-25-20)19-13-16-12-17(28-3)7-8-18(16)23-19/h4-8,11-13,23H,9-10H2,1-3H3. The summed E-state index contributed by atoms with van der Waals surface area (Å²) in [4.78, 5) is 21.9. The van der Waals surface area contributed by atoms with Crippen molar-refractivity contribution >= 4 is 16.8 Å². The number of H-pyrrole nitrogens is 1. The number of aromatic amines is 1. The van der Waals surface area contributed by atoms with Crippen molar-refractivity contribution in [3.05, 3.63) is 65.5 Å². The molecule has 7 nitrogen and oxygen atoms in total. The van der Waals surface area contributed by atoms with E-state index in [0.717, 1.165) is 27.9 Å². The second-order valence-corrected chi connectivity index (χ2v) is 7.00. The molecule has 148 valence electrons. The van der Waals surface area contributed by atoms with Gasteiger partial charge in [-0.05, 0) is 43.3 Å². The summed E-state index contributed by atoms with van der Waals surface area (Å²) in [7, 11) is 3.41. The molecule has 0 aliphatic rings. The Morgan fingerprint density at radius 1 is 1.21 bits per heavy atom. The summed E-state index contributed by atoms with van der Waals surface area (Å²) in [5, 5.41) is 5.05. The average molecular weight is 390 g/mol. The van der Waals surface area contributed by atoms with Crippen LogP contribution < -0.4 is 4.74 Å². The minimum atomic E-state index is -0.0259. The number of methoxy groups -OCH3 is 1. The van der Waals surface area contributed by atoms with E-state index in [1.54, 1.807) is 19.1 Å². The van der Waals surface area contributed by atoms with Crippen LogP contribution in [-0.4, -0.2) is 46.6 Å². The van der Waals surface area contributed by atoms with Gasteiger partial charge in [0.05, 0.1) is 7.11 Å². The molecule has 0 saturated carbocycles. The number of likely N-dealkylation sites (N-methyl/N-ethyl adjacent to an activating group) is 1. The number of aromatic nitrogens is 3. The maximum Gasteiger partial charge on any atom is 0.274 e. The number of amides is 1. The van der Waals surface area contributed by atoms with Crippen molar-refractivity contribution in [2.75, 3.05) is 20.7 Å². The van der Waals surface area contributed by atoms with Crippen LogP contribution in [0.4, 0.5) is 0 Å². The van der Waals surface area contributed by atoms with Gasteiger partial charge in [0.15, 0.2) is 5.82 Å². The minimum absolute atomic E-state index is 0.0259. The van der Waals surface area contributed by atoms with E-state index in [2.05, 4.69) is 15.1 Å². The van der Waals surface area contributed by atoms with Gasteiger partial charge in [-0.25, -0.2) is 0 Å². The molecule has 1 amide bonds. The molecule has 0 saturated heterocycles. The van der Waals surface area contributed by atoms with Crippen LogP contribution in [0.5, 0.6) is 5.75 Å². The predicted molar refractivity (Wildman–Crippen MR) is 110 cm³/mol. The number of hydrogen-bond acceptors (Lipinski definition) is 5. The molecule has 4 aromatic rings. The van der Waals surface area contributed by atoms with E-state index in [-0.39, 0.29) is 5.91 Å². The van der Waals surface area contributed by atoms with E-state index < -0.39 is 0 Å². The van der Waals surface area contributed by atoms with Gasteiger partial charge in [0.25, 0.3) is 11.8 Å². The molecular formula is C22H22N4O3. The Morgan fingerprint density at radius 3 is 2.86 bits per heavy atom. The van der Waals surface area contributed by atoms with Gasteiger partial charge in [-0.1, -0.05) is 22.9 Å². The molecule has 2 heterocycles. The summed E-state index contributed by atoms with van der Waals surface area (Å²) in [6, 6.07) is 15.3. The molecule has 0 atom stereocenters. The Kier molecular flexibility index (Phi) is 5.03. The number of nitrogens with one attached hydrogen (secondary N) is 1. The van der Waals surface area contributed by atoms with Crippen molar-refractivity contribution in [3.8, 4) is 17.3 Å². The number of aryl methyl sites for hydroxylation is 1. The molecule has 1 N–H and O–H groups in total. The summed E-state index contributed by atoms with van der Waals surface area (Å²) >= 11 is 0. The number of ether oxygens (including phenoxy) is 1. The van der Waals surface area contributed by atoms with Gasteiger partial charge in [0.2, 0.25) is 0 Å². The van der Waals surface area contributed by atoms with Gasteiger partial charge in [0.1, 0.15) is 11.4 Å². The highest BCUT2D eigenvalue weighted by Crippen LogP contribution is 2.26. The zero-order valence-electron chi connectivity index (χ0n) is 16.6. The summed E-state index contributed by atoms with van der Waals surface area (Å²) in [5.41, 5.74) is 3.44. The lowest BCUT2D eigenvalue weighted by Gasteiger charge is -2.16. The Morgan fingerprint density at radius 2 is 2.07 bits per heavy atom. The second-order valence-electron chi connectivity index (χ2n) is 7.00. The third-order valence-electron chi connectivity index (χ3n) is 4.81. The van der Waals surface area contributed by atoms with E-state index >= 15 is 0 Å². The Labute approximate surface area is 168 Å². The van der Waals surface area contributed by atoms with Crippen LogP contribution >= 0.6 is 0 Å². The van der Waals surface area contributed by atoms with Crippen molar-refractivity contribution in [2.24, 2.45) is 0 Å². The molecule has 29 heavy (non-hydrogen) atoms. The van der Waals surface area contributed by atoms with Crippen molar-refractivity contribution < 1.29 is 14.1 Å². The number of carbonyl (C=O) groups is 1. The first-order chi connectivity index (χ1) is 14.0. The normalized spacial score (nSPS) is 11.0. The molecule has 0 fully saturated rings. The lowest BCUT2D eigenvalue weighted by Crippen LogP contribution is -2.29. The zero-order chi connectivity index (χ0) is 20.4. The number of fused-ring (bicyclic) bond motifs is 1. The molecule has 4 rings (SSSR count). The monoisotopic (exact) mass is 390 g/mol. The van der Waals surface area contributed by atoms with E-state index in [1.807, 2.05) is 55.5 Å². The van der Waals surface area contributed by atoms with Crippen molar-refractivity contribution in [1.29, 1.82) is 0 Å². The summed E-state index contributed by atoms with van der Waals surface area (Å²) in [6.07, 6.45) is 0.506. The van der Waals surface area contributed by atoms with Gasteiger partial charge in [-0.15, -0.1) is 0 Å². The molecule has 0 aliphatic carbocycles. The van der Waals surface area contributed by atoms with Crippen molar-refractivity contribution in [2.45, 2.75) is 13.3 Å². The van der Waals surface area contributed by atoms with Crippen LogP contribution in [0, 0.1) is 6.92 Å². The van der Waals surface area contributed by atoms with Gasteiger partial charge < -0.3 is 19.1 Å². The van der Waals surface area contributed by atoms with Crippen LogP contribution in [0.25, 0.3) is 22.5 Å². The van der Waals surface area contributed by atoms with Crippen LogP contribution in [-0.2, 0) is 6.42 Å². The quantitative estimate of drug-likeness (QED) is 0.541. The van der Waals surface area contributed by atoms with Gasteiger partial charge in [-0.2, -0.15) is 4.98 Å². The van der Waals surface area contributed by atoms with Crippen LogP contribution in [0.3, 0.4) is 0 Å². The lowest BCUT2D eigenvalue weighted by molar-refractivity contribution is 0.0795. The number of rotatable bonds is 6. The van der Waals surface area contributed by atoms with E-state index in [9.17, 15) is 4.79 Å². The van der Waals surface area contributed by atoms with Gasteiger partial charge >= 0.3 is 0 Å². The molecule has 2 aromatic heterocycles. The largest absolute Gasteiger partial charge is 0.497 e. The summed E-state index contributed by atoms with van der Waals surface area (Å²) in [5.74, 6) is 1.74. The predicted octanol–water partition coefficient (Wildman–Crippen LogP) is 3.85. The molecule has 0 bridgehead atoms. The second kappa shape index (κ2) is 7.79. The van der Waals surface area contributed by atoms with E-state index in [4.69, 9.17) is 9.26 Å². The first kappa shape index (κ1) is 18.7. The Bertz CT molecular complexity index is 1160. The lowest BCUT2D eigenvalue weighted by atomic mass is 10.1. The smallest absolute Gasteiger partial charge is 0.274 e. The highest BCUT2D eigenvalue weighted by molar-refractivity contribution is 5.94. The van der Waals surface area contributed by atoms with E-state index in [0.29, 0.717) is 30.2 Å². The Hall–Kier alpha value is -3.61. The fraction of sp³-hybridized carbons (Fsp3) is 0.227. The van der Waals surface area contributed by atoms with Crippen LogP contribution in [0.1, 0.15) is 21.7 Å². The van der Waals surface area contributed by atoms with Crippen molar-refractivity contribution in [1.82, 2.24) is 20.0 Å². The Balaban J connectivity index is 1.43. The number of benzene rings is 2. The molecule has 0 aliphatic heterocycles. The molecule has 0 unspecified atom stereocenters. The average Bonchev–Trinajstić information content (AvgIpc) is 3.37. The fourth-order valence-corrected chi connectivity index (χ4v) is 3.19. The third-order valence-corrected chi connectivity index (χ3v) is 4.81. The number of carbonyl (C=O) groups excluding carboxylic acids is 1. The minimum Gasteiger partial charge on any atom is -0.497 e. The molecule has 2 aromatic carbocycles. The van der Waals surface area contributed by atoms with Gasteiger partial charge in [-0.3, -0.25) is 4.79 Å². The van der Waals surface area contributed by atoms with Crippen molar-refractivity contribution in [3.63, 3.8) is 0 Å². The maximum atomic E-state index is 12.5. The number of nitrogens with zero attached hydrogens (tertiary/aromatic N) is 3. The molecule has 0 spiro atoms. The molecule has 0 radical (unpaired) electrons. The topological polar surface area (TPSA) is 84.2 Å². The fourth-order valence-electron chi connectivity index (χ4n) is 3.19. The first-order valence-electron chi connectivity index (χ1n) is 9.35. The number of hydrogen-bond donors (Lipinski definition) is 1. The zero-order valence-corrected chi connectivity index (χ0v) is 16.6. The SMILES string of the molecule is COc1ccc2[nH]c(-c3nc(CCN(C)C(=O)c4cccc(C)c4)no3)cc2c1. The summed E-state index contributed by atoms with van der Waals surface area (Å²) in [6.45, 7) is 2.47. The van der Waals surface area contributed by atoms with Crippen LogP contribution in [0.2, 0.25) is 0 Å². The maximum absolute atomic E-state index is 12.5. The third kappa shape index (κ3) is 3.99. The summed E-state index contributed by atoms with van der Waals surface area (Å²) < 4.78 is 10.7. The highest BCUT2D eigenvalue weighted by Gasteiger charge is 2.15. The van der Waals surface area contributed by atoms with Crippen LogP contribution in [0.15, 0.2) is 53.1 Å². The molecule has 7 heteroatoms. The van der Waals surface area contributed by atoms with E-state index in [1.165, 1.54) is 0 Å². The molecular weight excluding hydrogens is 368 g/mol. The first-order valence-corrected chi connectivity index (χ1v) is 9.35. The van der Waals surface area contributed by atoms with Gasteiger partial charge in [0, 0.05) is 36.5 Å². The highest BCUT2D eigenvalue weighted by atomic mass is 16.5.